The molecule has 0 saturated carbocycles. The molecule has 92 valence electrons. The molecule has 4 heteroatoms. The van der Waals surface area contributed by atoms with Gasteiger partial charge in [0, 0.05) is 6.04 Å². The van der Waals surface area contributed by atoms with Crippen LogP contribution in [0.2, 0.25) is 0 Å². The maximum Gasteiger partial charge on any atom is 0.203 e. The third kappa shape index (κ3) is 2.96. The number of furan rings is 1. The first kappa shape index (κ1) is 12.3. The zero-order chi connectivity index (χ0) is 13.0. The van der Waals surface area contributed by atoms with Gasteiger partial charge in [-0.15, -0.1) is 0 Å². The fourth-order valence-electron chi connectivity index (χ4n) is 1.66. The summed E-state index contributed by atoms with van der Waals surface area (Å²) in [4.78, 5) is 0. The average molecular weight is 244 g/mol. The van der Waals surface area contributed by atoms with Gasteiger partial charge < -0.3 is 9.73 Å². The van der Waals surface area contributed by atoms with Crippen LogP contribution in [-0.4, -0.2) is 0 Å². The minimum Gasteiger partial charge on any atom is -0.449 e. The summed E-state index contributed by atoms with van der Waals surface area (Å²) in [6.45, 7) is 2.52. The van der Waals surface area contributed by atoms with Crippen LogP contribution in [0, 0.1) is 17.1 Å². The van der Waals surface area contributed by atoms with Crippen molar-refractivity contribution in [1.29, 1.82) is 5.26 Å². The smallest absolute Gasteiger partial charge is 0.203 e. The highest BCUT2D eigenvalue weighted by atomic mass is 19.1. The molecule has 1 aromatic heterocycles. The number of hydrogen-bond donors (Lipinski definition) is 1. The van der Waals surface area contributed by atoms with E-state index < -0.39 is 0 Å². The number of benzene rings is 1. The number of halogens is 1. The SMILES string of the molecule is CC(NCc1ccc(C#N)o1)c1ccc(F)cc1. The molecule has 18 heavy (non-hydrogen) atoms. The molecule has 1 N–H and O–H groups in total. The fourth-order valence-corrected chi connectivity index (χ4v) is 1.66. The lowest BCUT2D eigenvalue weighted by molar-refractivity contribution is 0.453. The number of nitrogens with one attached hydrogen (secondary N) is 1. The molecule has 0 bridgehead atoms. The molecule has 1 atom stereocenters. The standard InChI is InChI=1S/C14H13FN2O/c1-10(11-2-4-12(15)5-3-11)17-9-14-7-6-13(8-16)18-14/h2-7,10,17H,9H2,1H3. The molecule has 0 aliphatic rings. The topological polar surface area (TPSA) is 49.0 Å². The van der Waals surface area contributed by atoms with Crippen LogP contribution in [-0.2, 0) is 6.54 Å². The van der Waals surface area contributed by atoms with Gasteiger partial charge in [-0.3, -0.25) is 0 Å². The second kappa shape index (κ2) is 5.48. The normalized spacial score (nSPS) is 12.1. The molecule has 2 rings (SSSR count). The molecule has 0 saturated heterocycles. The zero-order valence-electron chi connectivity index (χ0n) is 9.98. The molecule has 1 unspecified atom stereocenters. The van der Waals surface area contributed by atoms with Gasteiger partial charge in [-0.1, -0.05) is 12.1 Å². The van der Waals surface area contributed by atoms with Gasteiger partial charge in [0.05, 0.1) is 6.54 Å². The van der Waals surface area contributed by atoms with Crippen molar-refractivity contribution in [2.45, 2.75) is 19.5 Å². The van der Waals surface area contributed by atoms with Gasteiger partial charge in [-0.25, -0.2) is 4.39 Å². The van der Waals surface area contributed by atoms with Crippen molar-refractivity contribution < 1.29 is 8.81 Å². The van der Waals surface area contributed by atoms with E-state index in [-0.39, 0.29) is 11.9 Å². The lowest BCUT2D eigenvalue weighted by Crippen LogP contribution is -2.17. The second-order valence-corrected chi connectivity index (χ2v) is 4.03. The van der Waals surface area contributed by atoms with E-state index in [9.17, 15) is 4.39 Å². The molecule has 2 aromatic rings. The summed E-state index contributed by atoms with van der Waals surface area (Å²) in [5, 5.41) is 11.9. The summed E-state index contributed by atoms with van der Waals surface area (Å²) in [6.07, 6.45) is 0. The first-order valence-electron chi connectivity index (χ1n) is 5.66. The molecule has 0 aliphatic heterocycles. The summed E-state index contributed by atoms with van der Waals surface area (Å²) in [7, 11) is 0. The minimum atomic E-state index is -0.240. The Balaban J connectivity index is 1.94. The summed E-state index contributed by atoms with van der Waals surface area (Å²) in [6, 6.07) is 11.8. The van der Waals surface area contributed by atoms with E-state index in [0.717, 1.165) is 5.56 Å². The predicted octanol–water partition coefficient (Wildman–Crippen LogP) is 3.14. The van der Waals surface area contributed by atoms with E-state index in [0.29, 0.717) is 18.1 Å². The first-order chi connectivity index (χ1) is 8.69. The van der Waals surface area contributed by atoms with Crippen LogP contribution in [0.15, 0.2) is 40.8 Å². The molecule has 1 heterocycles. The van der Waals surface area contributed by atoms with Gasteiger partial charge in [-0.2, -0.15) is 5.26 Å². The summed E-state index contributed by atoms with van der Waals surface area (Å²) in [5.41, 5.74) is 1.00. The number of nitriles is 1. The Morgan fingerprint density at radius 2 is 2.00 bits per heavy atom. The highest BCUT2D eigenvalue weighted by Crippen LogP contribution is 2.14. The van der Waals surface area contributed by atoms with Gasteiger partial charge in [0.1, 0.15) is 17.6 Å². The van der Waals surface area contributed by atoms with Crippen LogP contribution >= 0.6 is 0 Å². The molecular weight excluding hydrogens is 231 g/mol. The monoisotopic (exact) mass is 244 g/mol. The van der Waals surface area contributed by atoms with Crippen LogP contribution in [0.25, 0.3) is 0 Å². The highest BCUT2D eigenvalue weighted by Gasteiger charge is 2.07. The van der Waals surface area contributed by atoms with Crippen molar-refractivity contribution in [3.05, 3.63) is 59.3 Å². The van der Waals surface area contributed by atoms with Crippen molar-refractivity contribution in [3.63, 3.8) is 0 Å². The Kier molecular flexibility index (Phi) is 3.75. The van der Waals surface area contributed by atoms with Gasteiger partial charge in [-0.05, 0) is 36.8 Å². The molecule has 0 spiro atoms. The van der Waals surface area contributed by atoms with Crippen molar-refractivity contribution in [2.75, 3.05) is 0 Å². The van der Waals surface area contributed by atoms with E-state index in [4.69, 9.17) is 9.68 Å². The highest BCUT2D eigenvalue weighted by molar-refractivity contribution is 5.21. The zero-order valence-corrected chi connectivity index (χ0v) is 9.98. The van der Waals surface area contributed by atoms with Crippen LogP contribution in [0.3, 0.4) is 0 Å². The van der Waals surface area contributed by atoms with Gasteiger partial charge in [0.25, 0.3) is 0 Å². The Morgan fingerprint density at radius 3 is 2.61 bits per heavy atom. The summed E-state index contributed by atoms with van der Waals surface area (Å²) >= 11 is 0. The maximum absolute atomic E-state index is 12.8. The van der Waals surface area contributed by atoms with Gasteiger partial charge >= 0.3 is 0 Å². The van der Waals surface area contributed by atoms with Crippen LogP contribution in [0.4, 0.5) is 4.39 Å². The van der Waals surface area contributed by atoms with E-state index in [2.05, 4.69) is 5.32 Å². The number of rotatable bonds is 4. The maximum atomic E-state index is 12.8. The molecule has 0 amide bonds. The molecule has 0 fully saturated rings. The molecule has 3 nitrogen and oxygen atoms in total. The van der Waals surface area contributed by atoms with Crippen molar-refractivity contribution in [1.82, 2.24) is 5.32 Å². The van der Waals surface area contributed by atoms with Crippen LogP contribution in [0.1, 0.15) is 30.0 Å². The second-order valence-electron chi connectivity index (χ2n) is 4.03. The van der Waals surface area contributed by atoms with Crippen LogP contribution in [0.5, 0.6) is 0 Å². The summed E-state index contributed by atoms with van der Waals surface area (Å²) in [5.74, 6) is 0.775. The van der Waals surface area contributed by atoms with E-state index in [1.807, 2.05) is 13.0 Å². The third-order valence-electron chi connectivity index (χ3n) is 2.72. The Bertz CT molecular complexity index is 554. The van der Waals surface area contributed by atoms with Crippen molar-refractivity contribution >= 4 is 0 Å². The van der Waals surface area contributed by atoms with Crippen molar-refractivity contribution in [3.8, 4) is 6.07 Å². The Hall–Kier alpha value is -2.12. The first-order valence-corrected chi connectivity index (χ1v) is 5.66. The Labute approximate surface area is 105 Å². The van der Waals surface area contributed by atoms with E-state index in [1.165, 1.54) is 12.1 Å². The molecule has 0 radical (unpaired) electrons. The average Bonchev–Trinajstić information content (AvgIpc) is 2.85. The van der Waals surface area contributed by atoms with Gasteiger partial charge in [0.15, 0.2) is 0 Å². The third-order valence-corrected chi connectivity index (χ3v) is 2.72. The fraction of sp³-hybridized carbons (Fsp3) is 0.214. The molecule has 1 aromatic carbocycles. The number of nitrogens with zero attached hydrogens (tertiary/aromatic N) is 1. The van der Waals surface area contributed by atoms with E-state index in [1.54, 1.807) is 24.3 Å². The van der Waals surface area contributed by atoms with E-state index >= 15 is 0 Å². The Morgan fingerprint density at radius 1 is 1.28 bits per heavy atom. The molecular formula is C14H13FN2O. The van der Waals surface area contributed by atoms with Crippen molar-refractivity contribution in [2.24, 2.45) is 0 Å². The minimum absolute atomic E-state index is 0.0845. The predicted molar refractivity (Wildman–Crippen MR) is 65.1 cm³/mol. The lowest BCUT2D eigenvalue weighted by atomic mass is 10.1. The van der Waals surface area contributed by atoms with Crippen LogP contribution < -0.4 is 5.32 Å². The largest absolute Gasteiger partial charge is 0.449 e. The number of hydrogen-bond acceptors (Lipinski definition) is 3. The summed E-state index contributed by atoms with van der Waals surface area (Å²) < 4.78 is 18.0. The molecule has 0 aliphatic carbocycles. The quantitative estimate of drug-likeness (QED) is 0.898. The lowest BCUT2D eigenvalue weighted by Gasteiger charge is -2.13. The van der Waals surface area contributed by atoms with Gasteiger partial charge in [0.2, 0.25) is 5.76 Å².